The number of carbonyl (C=O) groups excluding carboxylic acids is 2. The van der Waals surface area contributed by atoms with E-state index in [0.717, 1.165) is 11.1 Å². The molecule has 0 aliphatic heterocycles. The fourth-order valence-corrected chi connectivity index (χ4v) is 2.92. The first-order valence-electron chi connectivity index (χ1n) is 8.01. The Morgan fingerprint density at radius 1 is 1.15 bits per heavy atom. The van der Waals surface area contributed by atoms with E-state index >= 15 is 0 Å². The number of hydrogen-bond acceptors (Lipinski definition) is 2. The standard InChI is InChI=1S/C19H19Cl2FN2O2/c1-12(19(26)23-10-15-5-6-16(20)9-18(15)21)24(13(2)25)11-14-3-7-17(22)8-4-14/h3-9,12H,10-11H2,1-2H3,(H,23,26). The van der Waals surface area contributed by atoms with Gasteiger partial charge in [0.15, 0.2) is 0 Å². The summed E-state index contributed by atoms with van der Waals surface area (Å²) in [6.07, 6.45) is 0. The fraction of sp³-hybridized carbons (Fsp3) is 0.263. The van der Waals surface area contributed by atoms with Gasteiger partial charge in [0, 0.05) is 30.1 Å². The summed E-state index contributed by atoms with van der Waals surface area (Å²) in [7, 11) is 0. The van der Waals surface area contributed by atoms with Crippen molar-refractivity contribution in [2.24, 2.45) is 0 Å². The fourth-order valence-electron chi connectivity index (χ4n) is 2.44. The molecule has 2 rings (SSSR count). The molecule has 4 nitrogen and oxygen atoms in total. The summed E-state index contributed by atoms with van der Waals surface area (Å²) in [5, 5.41) is 3.74. The Bertz CT molecular complexity index is 797. The Kier molecular flexibility index (Phi) is 7.00. The van der Waals surface area contributed by atoms with Crippen molar-refractivity contribution in [1.82, 2.24) is 10.2 Å². The van der Waals surface area contributed by atoms with E-state index < -0.39 is 6.04 Å². The second kappa shape index (κ2) is 9.01. The van der Waals surface area contributed by atoms with Crippen LogP contribution in [0.4, 0.5) is 4.39 Å². The SMILES string of the molecule is CC(=O)N(Cc1ccc(F)cc1)C(C)C(=O)NCc1ccc(Cl)cc1Cl. The molecule has 0 fully saturated rings. The maximum absolute atomic E-state index is 13.0. The third-order valence-corrected chi connectivity index (χ3v) is 4.57. The van der Waals surface area contributed by atoms with Crippen molar-refractivity contribution in [2.75, 3.05) is 0 Å². The molecule has 0 bridgehead atoms. The quantitative estimate of drug-likeness (QED) is 0.795. The molecule has 26 heavy (non-hydrogen) atoms. The van der Waals surface area contributed by atoms with E-state index in [1.54, 1.807) is 37.3 Å². The zero-order valence-electron chi connectivity index (χ0n) is 14.4. The average Bonchev–Trinajstić information content (AvgIpc) is 2.59. The summed E-state index contributed by atoms with van der Waals surface area (Å²) in [6.45, 7) is 3.47. The molecular formula is C19H19Cl2FN2O2. The molecule has 0 saturated heterocycles. The number of amides is 2. The van der Waals surface area contributed by atoms with Crippen LogP contribution in [-0.2, 0) is 22.7 Å². The van der Waals surface area contributed by atoms with Crippen LogP contribution in [0, 0.1) is 5.82 Å². The molecule has 0 saturated carbocycles. The van der Waals surface area contributed by atoms with Crippen LogP contribution in [-0.4, -0.2) is 22.8 Å². The van der Waals surface area contributed by atoms with Crippen LogP contribution >= 0.6 is 23.2 Å². The summed E-state index contributed by atoms with van der Waals surface area (Å²) in [4.78, 5) is 25.8. The van der Waals surface area contributed by atoms with Crippen LogP contribution in [0.2, 0.25) is 10.0 Å². The topological polar surface area (TPSA) is 49.4 Å². The highest BCUT2D eigenvalue weighted by molar-refractivity contribution is 6.35. The first kappa shape index (κ1) is 20.2. The smallest absolute Gasteiger partial charge is 0.242 e. The summed E-state index contributed by atoms with van der Waals surface area (Å²) in [5.41, 5.74) is 1.46. The maximum atomic E-state index is 13.0. The molecule has 0 aliphatic carbocycles. The summed E-state index contributed by atoms with van der Waals surface area (Å²) in [6, 6.07) is 10.1. The first-order chi connectivity index (χ1) is 12.3. The van der Waals surface area contributed by atoms with E-state index in [4.69, 9.17) is 23.2 Å². The van der Waals surface area contributed by atoms with Crippen molar-refractivity contribution < 1.29 is 14.0 Å². The molecule has 0 heterocycles. The third kappa shape index (κ3) is 5.44. The van der Waals surface area contributed by atoms with Gasteiger partial charge in [0.05, 0.1) is 0 Å². The van der Waals surface area contributed by atoms with Crippen LogP contribution in [0.3, 0.4) is 0 Å². The van der Waals surface area contributed by atoms with E-state index in [0.29, 0.717) is 10.0 Å². The molecule has 2 aromatic carbocycles. The number of nitrogens with zero attached hydrogens (tertiary/aromatic N) is 1. The highest BCUT2D eigenvalue weighted by Gasteiger charge is 2.23. The van der Waals surface area contributed by atoms with Crippen LogP contribution in [0.25, 0.3) is 0 Å². The third-order valence-electron chi connectivity index (χ3n) is 3.99. The second-order valence-corrected chi connectivity index (χ2v) is 6.75. The van der Waals surface area contributed by atoms with Gasteiger partial charge in [-0.2, -0.15) is 0 Å². The Hall–Kier alpha value is -2.11. The lowest BCUT2D eigenvalue weighted by atomic mass is 10.1. The van der Waals surface area contributed by atoms with Crippen molar-refractivity contribution in [3.8, 4) is 0 Å². The number of rotatable bonds is 6. The lowest BCUT2D eigenvalue weighted by molar-refractivity contribution is -0.139. The molecule has 138 valence electrons. The van der Waals surface area contributed by atoms with Crippen molar-refractivity contribution in [1.29, 1.82) is 0 Å². The number of carbonyl (C=O) groups is 2. The lowest BCUT2D eigenvalue weighted by Gasteiger charge is -2.27. The van der Waals surface area contributed by atoms with Gasteiger partial charge in [0.25, 0.3) is 0 Å². The maximum Gasteiger partial charge on any atom is 0.242 e. The second-order valence-electron chi connectivity index (χ2n) is 5.90. The minimum atomic E-state index is -0.691. The van der Waals surface area contributed by atoms with Crippen molar-refractivity contribution in [2.45, 2.75) is 33.0 Å². The normalized spacial score (nSPS) is 11.7. The molecule has 1 N–H and O–H groups in total. The summed E-state index contributed by atoms with van der Waals surface area (Å²) >= 11 is 11.9. The molecule has 1 unspecified atom stereocenters. The van der Waals surface area contributed by atoms with E-state index in [1.165, 1.54) is 24.0 Å². The predicted octanol–water partition coefficient (Wildman–Crippen LogP) is 4.19. The van der Waals surface area contributed by atoms with Gasteiger partial charge in [0.1, 0.15) is 11.9 Å². The highest BCUT2D eigenvalue weighted by atomic mass is 35.5. The molecule has 2 aromatic rings. The van der Waals surface area contributed by atoms with Crippen molar-refractivity contribution in [3.05, 3.63) is 69.5 Å². The van der Waals surface area contributed by atoms with Gasteiger partial charge >= 0.3 is 0 Å². The predicted molar refractivity (Wildman–Crippen MR) is 100 cm³/mol. The lowest BCUT2D eigenvalue weighted by Crippen LogP contribution is -2.46. The van der Waals surface area contributed by atoms with Gasteiger partial charge in [-0.15, -0.1) is 0 Å². The number of nitrogens with one attached hydrogen (secondary N) is 1. The number of benzene rings is 2. The Morgan fingerprint density at radius 2 is 1.81 bits per heavy atom. The largest absolute Gasteiger partial charge is 0.350 e. The van der Waals surface area contributed by atoms with Gasteiger partial charge in [0.2, 0.25) is 11.8 Å². The molecular weight excluding hydrogens is 378 g/mol. The molecule has 0 aromatic heterocycles. The molecule has 1 atom stereocenters. The Labute approximate surface area is 161 Å². The number of halogens is 3. The van der Waals surface area contributed by atoms with Crippen molar-refractivity contribution in [3.63, 3.8) is 0 Å². The van der Waals surface area contributed by atoms with E-state index in [2.05, 4.69) is 5.32 Å². The molecule has 0 aliphatic rings. The van der Waals surface area contributed by atoms with Gasteiger partial charge < -0.3 is 10.2 Å². The molecule has 7 heteroatoms. The minimum absolute atomic E-state index is 0.214. The summed E-state index contributed by atoms with van der Waals surface area (Å²) in [5.74, 6) is -0.913. The Balaban J connectivity index is 2.02. The summed E-state index contributed by atoms with van der Waals surface area (Å²) < 4.78 is 13.0. The molecule has 2 amide bonds. The van der Waals surface area contributed by atoms with Crippen LogP contribution in [0.5, 0.6) is 0 Å². The van der Waals surface area contributed by atoms with Gasteiger partial charge in [-0.05, 0) is 42.3 Å². The van der Waals surface area contributed by atoms with E-state index in [1.807, 2.05) is 0 Å². The molecule has 0 spiro atoms. The zero-order valence-corrected chi connectivity index (χ0v) is 15.9. The van der Waals surface area contributed by atoms with Crippen LogP contribution in [0.15, 0.2) is 42.5 Å². The first-order valence-corrected chi connectivity index (χ1v) is 8.77. The number of hydrogen-bond donors (Lipinski definition) is 1. The molecule has 0 radical (unpaired) electrons. The monoisotopic (exact) mass is 396 g/mol. The van der Waals surface area contributed by atoms with E-state index in [-0.39, 0.29) is 30.7 Å². The highest BCUT2D eigenvalue weighted by Crippen LogP contribution is 2.21. The Morgan fingerprint density at radius 3 is 2.38 bits per heavy atom. The van der Waals surface area contributed by atoms with Gasteiger partial charge in [-0.1, -0.05) is 41.4 Å². The van der Waals surface area contributed by atoms with Crippen LogP contribution < -0.4 is 5.32 Å². The van der Waals surface area contributed by atoms with Crippen LogP contribution in [0.1, 0.15) is 25.0 Å². The zero-order chi connectivity index (χ0) is 19.3. The van der Waals surface area contributed by atoms with Gasteiger partial charge in [-0.3, -0.25) is 9.59 Å². The van der Waals surface area contributed by atoms with E-state index in [9.17, 15) is 14.0 Å². The average molecular weight is 397 g/mol. The van der Waals surface area contributed by atoms with Gasteiger partial charge in [-0.25, -0.2) is 4.39 Å². The van der Waals surface area contributed by atoms with Crippen molar-refractivity contribution >= 4 is 35.0 Å². The minimum Gasteiger partial charge on any atom is -0.350 e.